The van der Waals surface area contributed by atoms with Crippen molar-refractivity contribution in [3.05, 3.63) is 39.9 Å². The SMILES string of the molecule is COC(=O)c1c(N)nsc1N(C)Cc1cccc(Br)c1. The molecule has 20 heavy (non-hydrogen) atoms. The zero-order valence-electron chi connectivity index (χ0n) is 11.1. The molecule has 106 valence electrons. The molecular weight excluding hydrogens is 342 g/mol. The highest BCUT2D eigenvalue weighted by molar-refractivity contribution is 9.10. The summed E-state index contributed by atoms with van der Waals surface area (Å²) in [4.78, 5) is 13.7. The molecule has 0 aliphatic rings. The van der Waals surface area contributed by atoms with Crippen LogP contribution >= 0.6 is 27.5 Å². The van der Waals surface area contributed by atoms with Crippen LogP contribution < -0.4 is 10.6 Å². The van der Waals surface area contributed by atoms with Gasteiger partial charge < -0.3 is 15.4 Å². The Kier molecular flexibility index (Phi) is 4.61. The molecule has 0 aliphatic heterocycles. The first-order valence-corrected chi connectivity index (χ1v) is 7.38. The molecule has 1 aromatic carbocycles. The molecule has 0 spiro atoms. The fourth-order valence-electron chi connectivity index (χ4n) is 1.83. The molecule has 0 saturated heterocycles. The van der Waals surface area contributed by atoms with Crippen LogP contribution in [-0.4, -0.2) is 24.5 Å². The van der Waals surface area contributed by atoms with Crippen molar-refractivity contribution in [2.24, 2.45) is 0 Å². The highest BCUT2D eigenvalue weighted by atomic mass is 79.9. The number of aromatic nitrogens is 1. The fourth-order valence-corrected chi connectivity index (χ4v) is 3.03. The molecule has 1 heterocycles. The molecule has 2 N–H and O–H groups in total. The number of nitrogens with two attached hydrogens (primary N) is 1. The molecule has 0 amide bonds. The number of rotatable bonds is 4. The number of nitrogens with zero attached hydrogens (tertiary/aromatic N) is 2. The second kappa shape index (κ2) is 6.23. The zero-order valence-corrected chi connectivity index (χ0v) is 13.5. The monoisotopic (exact) mass is 355 g/mol. The van der Waals surface area contributed by atoms with Crippen molar-refractivity contribution >= 4 is 44.3 Å². The first-order chi connectivity index (χ1) is 9.52. The number of anilines is 2. The van der Waals surface area contributed by atoms with E-state index in [4.69, 9.17) is 10.5 Å². The average Bonchev–Trinajstić information content (AvgIpc) is 2.80. The maximum atomic E-state index is 11.8. The van der Waals surface area contributed by atoms with Crippen molar-refractivity contribution in [1.82, 2.24) is 4.37 Å². The molecule has 0 bridgehead atoms. The predicted molar refractivity (Wildman–Crippen MR) is 84.1 cm³/mol. The maximum absolute atomic E-state index is 11.8. The molecule has 0 aliphatic carbocycles. The lowest BCUT2D eigenvalue weighted by molar-refractivity contribution is 0.0603. The molecule has 1 aromatic heterocycles. The van der Waals surface area contributed by atoms with Crippen molar-refractivity contribution in [1.29, 1.82) is 0 Å². The van der Waals surface area contributed by atoms with Gasteiger partial charge in [-0.15, -0.1) is 0 Å². The average molecular weight is 356 g/mol. The third-order valence-electron chi connectivity index (χ3n) is 2.75. The fraction of sp³-hybridized carbons (Fsp3) is 0.231. The number of ether oxygens (including phenoxy) is 1. The Morgan fingerprint density at radius 3 is 2.95 bits per heavy atom. The zero-order chi connectivity index (χ0) is 14.7. The largest absolute Gasteiger partial charge is 0.465 e. The van der Waals surface area contributed by atoms with E-state index < -0.39 is 5.97 Å². The van der Waals surface area contributed by atoms with Crippen LogP contribution in [0, 0.1) is 0 Å². The van der Waals surface area contributed by atoms with Crippen LogP contribution in [0.15, 0.2) is 28.7 Å². The minimum absolute atomic E-state index is 0.206. The lowest BCUT2D eigenvalue weighted by atomic mass is 10.2. The smallest absolute Gasteiger partial charge is 0.344 e. The van der Waals surface area contributed by atoms with Crippen LogP contribution in [0.25, 0.3) is 0 Å². The number of halogens is 1. The van der Waals surface area contributed by atoms with E-state index in [9.17, 15) is 4.79 Å². The maximum Gasteiger partial charge on any atom is 0.344 e. The van der Waals surface area contributed by atoms with Crippen molar-refractivity contribution in [2.75, 3.05) is 24.8 Å². The van der Waals surface area contributed by atoms with E-state index in [-0.39, 0.29) is 5.82 Å². The molecule has 0 atom stereocenters. The third-order valence-corrected chi connectivity index (χ3v) is 4.22. The van der Waals surface area contributed by atoms with Gasteiger partial charge in [0.25, 0.3) is 0 Å². The Hall–Kier alpha value is -1.60. The molecular formula is C13H14BrN3O2S. The van der Waals surface area contributed by atoms with Crippen molar-refractivity contribution < 1.29 is 9.53 Å². The minimum atomic E-state index is -0.465. The summed E-state index contributed by atoms with van der Waals surface area (Å²) in [6.45, 7) is 0.644. The van der Waals surface area contributed by atoms with Gasteiger partial charge in [0.15, 0.2) is 5.82 Å². The van der Waals surface area contributed by atoms with Crippen LogP contribution in [-0.2, 0) is 11.3 Å². The Balaban J connectivity index is 2.26. The minimum Gasteiger partial charge on any atom is -0.465 e. The summed E-state index contributed by atoms with van der Waals surface area (Å²) in [5.41, 5.74) is 7.18. The molecule has 2 rings (SSSR count). The van der Waals surface area contributed by atoms with Gasteiger partial charge in [-0.05, 0) is 29.2 Å². The number of carbonyl (C=O) groups excluding carboxylic acids is 1. The van der Waals surface area contributed by atoms with E-state index in [0.717, 1.165) is 10.0 Å². The molecule has 7 heteroatoms. The van der Waals surface area contributed by atoms with Crippen molar-refractivity contribution in [3.8, 4) is 0 Å². The van der Waals surface area contributed by atoms with Crippen LogP contribution in [0.4, 0.5) is 10.8 Å². The molecule has 0 fully saturated rings. The van der Waals surface area contributed by atoms with E-state index >= 15 is 0 Å². The van der Waals surface area contributed by atoms with Gasteiger partial charge in [-0.25, -0.2) is 4.79 Å². The van der Waals surface area contributed by atoms with Gasteiger partial charge in [-0.1, -0.05) is 28.1 Å². The van der Waals surface area contributed by atoms with Crippen LogP contribution in [0.5, 0.6) is 0 Å². The van der Waals surface area contributed by atoms with E-state index in [2.05, 4.69) is 20.3 Å². The van der Waals surface area contributed by atoms with Gasteiger partial charge in [0.05, 0.1) is 7.11 Å². The van der Waals surface area contributed by atoms with Gasteiger partial charge in [0.1, 0.15) is 10.6 Å². The van der Waals surface area contributed by atoms with Crippen LogP contribution in [0.3, 0.4) is 0 Å². The summed E-state index contributed by atoms with van der Waals surface area (Å²) in [6.07, 6.45) is 0. The second-order valence-electron chi connectivity index (χ2n) is 4.23. The van der Waals surface area contributed by atoms with Gasteiger partial charge in [-0.2, -0.15) is 4.37 Å². The van der Waals surface area contributed by atoms with E-state index in [0.29, 0.717) is 17.1 Å². The summed E-state index contributed by atoms with van der Waals surface area (Å²) in [5, 5.41) is 0.703. The second-order valence-corrected chi connectivity index (χ2v) is 5.89. The molecule has 2 aromatic rings. The summed E-state index contributed by atoms with van der Waals surface area (Å²) in [7, 11) is 3.22. The van der Waals surface area contributed by atoms with Crippen LogP contribution in [0.2, 0.25) is 0 Å². The lowest BCUT2D eigenvalue weighted by Crippen LogP contribution is -2.18. The topological polar surface area (TPSA) is 68.5 Å². The van der Waals surface area contributed by atoms with E-state index in [1.54, 1.807) is 0 Å². The lowest BCUT2D eigenvalue weighted by Gasteiger charge is -2.18. The molecule has 0 saturated carbocycles. The summed E-state index contributed by atoms with van der Waals surface area (Å²) in [5.74, 6) is -0.259. The highest BCUT2D eigenvalue weighted by Gasteiger charge is 2.22. The summed E-state index contributed by atoms with van der Waals surface area (Å²) in [6, 6.07) is 7.98. The Morgan fingerprint density at radius 1 is 1.55 bits per heavy atom. The van der Waals surface area contributed by atoms with Gasteiger partial charge in [0.2, 0.25) is 0 Å². The third kappa shape index (κ3) is 3.10. The molecule has 0 radical (unpaired) electrons. The van der Waals surface area contributed by atoms with Gasteiger partial charge in [-0.3, -0.25) is 0 Å². The summed E-state index contributed by atoms with van der Waals surface area (Å²) >= 11 is 4.63. The highest BCUT2D eigenvalue weighted by Crippen LogP contribution is 2.31. The Labute approximate surface area is 129 Å². The summed E-state index contributed by atoms with van der Waals surface area (Å²) < 4.78 is 9.80. The van der Waals surface area contributed by atoms with Crippen LogP contribution in [0.1, 0.15) is 15.9 Å². The van der Waals surface area contributed by atoms with Gasteiger partial charge in [0, 0.05) is 18.1 Å². The first-order valence-electron chi connectivity index (χ1n) is 5.82. The normalized spacial score (nSPS) is 10.3. The number of carbonyl (C=O) groups is 1. The molecule has 5 nitrogen and oxygen atoms in total. The number of hydrogen-bond donors (Lipinski definition) is 1. The number of esters is 1. The standard InChI is InChI=1S/C13H14BrN3O2S/c1-17(7-8-4-3-5-9(14)6-8)12-10(13(18)19-2)11(15)16-20-12/h3-6H,7H2,1-2H3,(H2,15,16). The van der Waals surface area contributed by atoms with Crippen molar-refractivity contribution in [2.45, 2.75) is 6.54 Å². The predicted octanol–water partition coefficient (Wildman–Crippen LogP) is 2.91. The Morgan fingerprint density at radius 2 is 2.30 bits per heavy atom. The van der Waals surface area contributed by atoms with E-state index in [1.165, 1.54) is 18.6 Å². The van der Waals surface area contributed by atoms with Gasteiger partial charge >= 0.3 is 5.97 Å². The van der Waals surface area contributed by atoms with E-state index in [1.807, 2.05) is 36.2 Å². The first kappa shape index (κ1) is 14.8. The Bertz CT molecular complexity index is 630. The number of hydrogen-bond acceptors (Lipinski definition) is 6. The molecule has 0 unspecified atom stereocenters. The number of benzene rings is 1. The number of methoxy groups -OCH3 is 1. The van der Waals surface area contributed by atoms with Crippen molar-refractivity contribution in [3.63, 3.8) is 0 Å². The quantitative estimate of drug-likeness (QED) is 0.854. The number of nitrogen functional groups attached to an aromatic ring is 1.